The molecule has 0 unspecified atom stereocenters. The Kier molecular flexibility index (Phi) is 2.68. The van der Waals surface area contributed by atoms with Gasteiger partial charge in [0.05, 0.1) is 0 Å². The maximum atomic E-state index is 11.6. The maximum absolute atomic E-state index is 11.6. The van der Waals surface area contributed by atoms with Crippen LogP contribution in [0.1, 0.15) is 36.6 Å². The van der Waals surface area contributed by atoms with Crippen LogP contribution in [0.2, 0.25) is 0 Å². The molecular formula is C11H16N2O. The van der Waals surface area contributed by atoms with Crippen molar-refractivity contribution in [2.75, 3.05) is 6.54 Å². The summed E-state index contributed by atoms with van der Waals surface area (Å²) in [4.78, 5) is 14.5. The van der Waals surface area contributed by atoms with E-state index in [1.54, 1.807) is 0 Å². The molecule has 1 aromatic heterocycles. The minimum Gasteiger partial charge on any atom is -0.326 e. The zero-order valence-corrected chi connectivity index (χ0v) is 8.47. The first-order valence-corrected chi connectivity index (χ1v) is 5.20. The third-order valence-corrected chi connectivity index (χ3v) is 2.77. The number of aromatic nitrogens is 1. The monoisotopic (exact) mass is 192 g/mol. The molecule has 76 valence electrons. The number of H-pyrrole nitrogens is 1. The van der Waals surface area contributed by atoms with E-state index in [0.717, 1.165) is 24.2 Å². The first-order chi connectivity index (χ1) is 6.77. The molecule has 1 aromatic rings. The lowest BCUT2D eigenvalue weighted by Gasteiger charge is -2.22. The zero-order chi connectivity index (χ0) is 9.97. The van der Waals surface area contributed by atoms with Gasteiger partial charge in [0.1, 0.15) is 0 Å². The van der Waals surface area contributed by atoms with Crippen molar-refractivity contribution < 1.29 is 0 Å². The largest absolute Gasteiger partial charge is 0.326 e. The summed E-state index contributed by atoms with van der Waals surface area (Å²) in [6.07, 6.45) is 3.51. The SMILES string of the molecule is Cc1ccc([C@@H]2CCCCN2)c(=O)[nH]1. The Morgan fingerprint density at radius 3 is 2.86 bits per heavy atom. The lowest BCUT2D eigenvalue weighted by atomic mass is 9.98. The summed E-state index contributed by atoms with van der Waals surface area (Å²) in [5.74, 6) is 0. The fourth-order valence-corrected chi connectivity index (χ4v) is 1.98. The summed E-state index contributed by atoms with van der Waals surface area (Å²) in [6, 6.07) is 4.16. The van der Waals surface area contributed by atoms with Crippen LogP contribution in [0.4, 0.5) is 0 Å². The van der Waals surface area contributed by atoms with Crippen molar-refractivity contribution >= 4 is 0 Å². The van der Waals surface area contributed by atoms with Crippen LogP contribution in [0.15, 0.2) is 16.9 Å². The minimum atomic E-state index is 0.0596. The summed E-state index contributed by atoms with van der Waals surface area (Å²) < 4.78 is 0. The van der Waals surface area contributed by atoms with Gasteiger partial charge in [-0.25, -0.2) is 0 Å². The summed E-state index contributed by atoms with van der Waals surface area (Å²) in [5.41, 5.74) is 1.87. The normalized spacial score (nSPS) is 22.2. The molecule has 2 N–H and O–H groups in total. The van der Waals surface area contributed by atoms with Crippen molar-refractivity contribution in [2.45, 2.75) is 32.2 Å². The number of piperidine rings is 1. The second-order valence-electron chi connectivity index (χ2n) is 3.93. The average Bonchev–Trinajstić information content (AvgIpc) is 2.19. The van der Waals surface area contributed by atoms with Crippen molar-refractivity contribution in [3.8, 4) is 0 Å². The van der Waals surface area contributed by atoms with Crippen LogP contribution in [-0.4, -0.2) is 11.5 Å². The smallest absolute Gasteiger partial charge is 0.252 e. The molecule has 0 aliphatic carbocycles. The first-order valence-electron chi connectivity index (χ1n) is 5.20. The van der Waals surface area contributed by atoms with Gasteiger partial charge >= 0.3 is 0 Å². The molecule has 3 heteroatoms. The number of rotatable bonds is 1. The molecule has 1 aliphatic heterocycles. The van der Waals surface area contributed by atoms with Crippen LogP contribution in [0.25, 0.3) is 0 Å². The van der Waals surface area contributed by atoms with Crippen molar-refractivity contribution in [3.05, 3.63) is 33.7 Å². The molecule has 0 saturated carbocycles. The van der Waals surface area contributed by atoms with Gasteiger partial charge in [0.15, 0.2) is 0 Å². The molecule has 14 heavy (non-hydrogen) atoms. The highest BCUT2D eigenvalue weighted by molar-refractivity contribution is 5.17. The van der Waals surface area contributed by atoms with Crippen LogP contribution < -0.4 is 10.9 Å². The second kappa shape index (κ2) is 3.96. The van der Waals surface area contributed by atoms with Gasteiger partial charge in [-0.2, -0.15) is 0 Å². The Bertz CT molecular complexity index is 364. The van der Waals surface area contributed by atoms with Gasteiger partial charge in [0.2, 0.25) is 0 Å². The van der Waals surface area contributed by atoms with E-state index in [9.17, 15) is 4.79 Å². The summed E-state index contributed by atoms with van der Waals surface area (Å²) in [7, 11) is 0. The van der Waals surface area contributed by atoms with E-state index in [0.29, 0.717) is 0 Å². The highest BCUT2D eigenvalue weighted by Crippen LogP contribution is 2.19. The van der Waals surface area contributed by atoms with E-state index < -0.39 is 0 Å². The number of hydrogen-bond acceptors (Lipinski definition) is 2. The van der Waals surface area contributed by atoms with Crippen LogP contribution >= 0.6 is 0 Å². The number of hydrogen-bond donors (Lipinski definition) is 2. The molecule has 2 rings (SSSR count). The quantitative estimate of drug-likeness (QED) is 0.708. The van der Waals surface area contributed by atoms with Crippen molar-refractivity contribution in [3.63, 3.8) is 0 Å². The Labute approximate surface area is 83.5 Å². The van der Waals surface area contributed by atoms with Gasteiger partial charge in [-0.1, -0.05) is 12.5 Å². The second-order valence-corrected chi connectivity index (χ2v) is 3.93. The minimum absolute atomic E-state index is 0.0596. The van der Waals surface area contributed by atoms with Crippen LogP contribution in [0.5, 0.6) is 0 Å². The molecule has 0 amide bonds. The van der Waals surface area contributed by atoms with E-state index in [2.05, 4.69) is 10.3 Å². The van der Waals surface area contributed by atoms with Crippen LogP contribution in [0.3, 0.4) is 0 Å². The highest BCUT2D eigenvalue weighted by Gasteiger charge is 2.16. The molecule has 0 spiro atoms. The van der Waals surface area contributed by atoms with E-state index in [1.165, 1.54) is 12.8 Å². The van der Waals surface area contributed by atoms with Crippen LogP contribution in [-0.2, 0) is 0 Å². The molecular weight excluding hydrogens is 176 g/mol. The first kappa shape index (κ1) is 9.46. The van der Waals surface area contributed by atoms with Crippen molar-refractivity contribution in [1.29, 1.82) is 0 Å². The highest BCUT2D eigenvalue weighted by atomic mass is 16.1. The average molecular weight is 192 g/mol. The molecule has 1 atom stereocenters. The Balaban J connectivity index is 2.26. The summed E-state index contributed by atoms with van der Waals surface area (Å²) in [5, 5.41) is 3.38. The Hall–Kier alpha value is -1.09. The zero-order valence-electron chi connectivity index (χ0n) is 8.47. The Morgan fingerprint density at radius 2 is 2.21 bits per heavy atom. The van der Waals surface area contributed by atoms with Gasteiger partial charge < -0.3 is 10.3 Å². The fraction of sp³-hybridized carbons (Fsp3) is 0.545. The third-order valence-electron chi connectivity index (χ3n) is 2.77. The third kappa shape index (κ3) is 1.87. The number of aromatic amines is 1. The molecule has 1 aliphatic rings. The van der Waals surface area contributed by atoms with Gasteiger partial charge in [0, 0.05) is 17.3 Å². The van der Waals surface area contributed by atoms with Crippen molar-refractivity contribution in [1.82, 2.24) is 10.3 Å². The Morgan fingerprint density at radius 1 is 1.36 bits per heavy atom. The maximum Gasteiger partial charge on any atom is 0.252 e. The molecule has 1 saturated heterocycles. The summed E-state index contributed by atoms with van der Waals surface area (Å²) in [6.45, 7) is 2.93. The van der Waals surface area contributed by atoms with Gasteiger partial charge in [-0.3, -0.25) is 4.79 Å². The van der Waals surface area contributed by atoms with Crippen LogP contribution in [0, 0.1) is 6.92 Å². The molecule has 0 radical (unpaired) electrons. The fourth-order valence-electron chi connectivity index (χ4n) is 1.98. The van der Waals surface area contributed by atoms with Gasteiger partial charge in [-0.15, -0.1) is 0 Å². The number of aryl methyl sites for hydroxylation is 1. The predicted octanol–water partition coefficient (Wildman–Crippen LogP) is 1.50. The topological polar surface area (TPSA) is 44.9 Å². The lowest BCUT2D eigenvalue weighted by molar-refractivity contribution is 0.409. The summed E-state index contributed by atoms with van der Waals surface area (Å²) >= 11 is 0. The van der Waals surface area contributed by atoms with E-state index in [-0.39, 0.29) is 11.6 Å². The molecule has 1 fully saturated rings. The number of nitrogens with one attached hydrogen (secondary N) is 2. The predicted molar refractivity (Wildman–Crippen MR) is 56.4 cm³/mol. The van der Waals surface area contributed by atoms with E-state index >= 15 is 0 Å². The van der Waals surface area contributed by atoms with Crippen molar-refractivity contribution in [2.24, 2.45) is 0 Å². The molecule has 0 bridgehead atoms. The van der Waals surface area contributed by atoms with Gasteiger partial charge in [0.25, 0.3) is 5.56 Å². The molecule has 3 nitrogen and oxygen atoms in total. The number of pyridine rings is 1. The van der Waals surface area contributed by atoms with Gasteiger partial charge in [-0.05, 0) is 32.4 Å². The lowest BCUT2D eigenvalue weighted by Crippen LogP contribution is -2.31. The standard InChI is InChI=1S/C11H16N2O/c1-8-5-6-9(11(14)13-8)10-4-2-3-7-12-10/h5-6,10,12H,2-4,7H2,1H3,(H,13,14)/t10-/m0/s1. The van der Waals surface area contributed by atoms with E-state index in [4.69, 9.17) is 0 Å². The molecule has 0 aromatic carbocycles. The van der Waals surface area contributed by atoms with E-state index in [1.807, 2.05) is 19.1 Å². The molecule has 2 heterocycles.